The van der Waals surface area contributed by atoms with Crippen molar-refractivity contribution in [3.05, 3.63) is 18.2 Å². The first kappa shape index (κ1) is 13.1. The van der Waals surface area contributed by atoms with Gasteiger partial charge < -0.3 is 15.4 Å². The average molecular weight is 248 g/mol. The molecule has 0 saturated carbocycles. The largest absolute Gasteiger partial charge is 0.492 e. The highest BCUT2D eigenvalue weighted by Gasteiger charge is 2.23. The summed E-state index contributed by atoms with van der Waals surface area (Å²) in [7, 11) is 0. The molecule has 1 aromatic rings. The summed E-state index contributed by atoms with van der Waals surface area (Å²) < 4.78 is 5.58. The molecule has 0 aromatic heterocycles. The van der Waals surface area contributed by atoms with Gasteiger partial charge >= 0.3 is 0 Å². The maximum atomic E-state index is 5.92. The lowest BCUT2D eigenvalue weighted by Crippen LogP contribution is -2.41. The summed E-state index contributed by atoms with van der Waals surface area (Å²) in [5.41, 5.74) is 7.87. The zero-order chi connectivity index (χ0) is 13.1. The van der Waals surface area contributed by atoms with Crippen LogP contribution in [0.4, 0.5) is 11.4 Å². The molecule has 3 nitrogen and oxygen atoms in total. The Balaban J connectivity index is 2.23. The zero-order valence-electron chi connectivity index (χ0n) is 11.6. The number of nitrogens with zero attached hydrogens (tertiary/aromatic N) is 1. The molecular formula is C15H24N2O. The Kier molecular flexibility index (Phi) is 4.00. The topological polar surface area (TPSA) is 38.5 Å². The van der Waals surface area contributed by atoms with Crippen molar-refractivity contribution in [2.75, 3.05) is 23.8 Å². The number of nitrogen functional groups attached to an aromatic ring is 1. The molecule has 100 valence electrons. The molecule has 0 spiro atoms. The van der Waals surface area contributed by atoms with E-state index in [1.54, 1.807) is 0 Å². The molecule has 1 aromatic carbocycles. The molecule has 1 fully saturated rings. The number of nitrogens with two attached hydrogens (primary N) is 1. The Morgan fingerprint density at radius 2 is 2.11 bits per heavy atom. The van der Waals surface area contributed by atoms with Crippen molar-refractivity contribution in [1.29, 1.82) is 0 Å². The van der Waals surface area contributed by atoms with Crippen LogP contribution in [-0.2, 0) is 0 Å². The van der Waals surface area contributed by atoms with Crippen LogP contribution in [0.3, 0.4) is 0 Å². The van der Waals surface area contributed by atoms with Crippen LogP contribution in [0.15, 0.2) is 18.2 Å². The summed E-state index contributed by atoms with van der Waals surface area (Å²) in [6.45, 7) is 8.37. The molecular weight excluding hydrogens is 224 g/mol. The maximum absolute atomic E-state index is 5.92. The number of ether oxygens (including phenoxy) is 1. The van der Waals surface area contributed by atoms with Gasteiger partial charge in [-0.15, -0.1) is 0 Å². The molecule has 0 amide bonds. The third kappa shape index (κ3) is 2.71. The van der Waals surface area contributed by atoms with Crippen molar-refractivity contribution < 1.29 is 4.74 Å². The lowest BCUT2D eigenvalue weighted by molar-refractivity contribution is 0.341. The molecule has 1 aliphatic heterocycles. The van der Waals surface area contributed by atoms with Gasteiger partial charge in [-0.3, -0.25) is 0 Å². The van der Waals surface area contributed by atoms with E-state index in [2.05, 4.69) is 30.9 Å². The third-order valence-corrected chi connectivity index (χ3v) is 3.75. The second-order valence-corrected chi connectivity index (χ2v) is 5.34. The normalized spacial score (nSPS) is 24.1. The first-order valence-electron chi connectivity index (χ1n) is 6.90. The van der Waals surface area contributed by atoms with E-state index in [0.717, 1.165) is 23.9 Å². The van der Waals surface area contributed by atoms with Crippen LogP contribution in [0.1, 0.15) is 33.6 Å². The van der Waals surface area contributed by atoms with E-state index in [0.29, 0.717) is 12.6 Å². The molecule has 0 bridgehead atoms. The lowest BCUT2D eigenvalue weighted by atomic mass is 9.94. The van der Waals surface area contributed by atoms with E-state index in [4.69, 9.17) is 10.5 Å². The first-order chi connectivity index (χ1) is 8.61. The molecule has 18 heavy (non-hydrogen) atoms. The Bertz CT molecular complexity index is 405. The van der Waals surface area contributed by atoms with Gasteiger partial charge in [-0.1, -0.05) is 6.92 Å². The zero-order valence-corrected chi connectivity index (χ0v) is 11.6. The fourth-order valence-electron chi connectivity index (χ4n) is 2.63. The van der Waals surface area contributed by atoms with Gasteiger partial charge in [0, 0.05) is 24.3 Å². The molecule has 1 heterocycles. The molecule has 0 radical (unpaired) electrons. The van der Waals surface area contributed by atoms with Gasteiger partial charge in [0.15, 0.2) is 0 Å². The molecule has 3 heteroatoms. The maximum Gasteiger partial charge on any atom is 0.144 e. The van der Waals surface area contributed by atoms with Crippen LogP contribution in [-0.4, -0.2) is 19.2 Å². The summed E-state index contributed by atoms with van der Waals surface area (Å²) in [5.74, 6) is 1.56. The van der Waals surface area contributed by atoms with E-state index >= 15 is 0 Å². The van der Waals surface area contributed by atoms with Crippen molar-refractivity contribution in [1.82, 2.24) is 0 Å². The van der Waals surface area contributed by atoms with Crippen LogP contribution in [0.5, 0.6) is 5.75 Å². The van der Waals surface area contributed by atoms with Gasteiger partial charge in [0.2, 0.25) is 0 Å². The van der Waals surface area contributed by atoms with Crippen molar-refractivity contribution in [2.45, 2.75) is 39.7 Å². The van der Waals surface area contributed by atoms with Crippen LogP contribution < -0.4 is 15.4 Å². The predicted molar refractivity (Wildman–Crippen MR) is 77.2 cm³/mol. The van der Waals surface area contributed by atoms with Crippen molar-refractivity contribution >= 4 is 11.4 Å². The number of hydrogen-bond acceptors (Lipinski definition) is 3. The number of piperidine rings is 1. The molecule has 1 aliphatic rings. The van der Waals surface area contributed by atoms with E-state index < -0.39 is 0 Å². The molecule has 2 rings (SSSR count). The fourth-order valence-corrected chi connectivity index (χ4v) is 2.63. The minimum Gasteiger partial charge on any atom is -0.492 e. The standard InChI is InChI=1S/C15H24N2O/c1-4-18-15-9-13(7-8-14(15)16)17-10-11(2)5-6-12(17)3/h7-9,11-12H,4-6,10,16H2,1-3H3. The van der Waals surface area contributed by atoms with Gasteiger partial charge in [0.1, 0.15) is 5.75 Å². The number of benzene rings is 1. The van der Waals surface area contributed by atoms with Crippen LogP contribution in [0.25, 0.3) is 0 Å². The number of rotatable bonds is 3. The highest BCUT2D eigenvalue weighted by Crippen LogP contribution is 2.32. The summed E-state index contributed by atoms with van der Waals surface area (Å²) in [5, 5.41) is 0. The summed E-state index contributed by atoms with van der Waals surface area (Å²) in [6.07, 6.45) is 2.58. The van der Waals surface area contributed by atoms with E-state index in [9.17, 15) is 0 Å². The highest BCUT2D eigenvalue weighted by atomic mass is 16.5. The number of hydrogen-bond donors (Lipinski definition) is 1. The van der Waals surface area contributed by atoms with E-state index in [-0.39, 0.29) is 0 Å². The molecule has 2 unspecified atom stereocenters. The second kappa shape index (κ2) is 5.51. The van der Waals surface area contributed by atoms with Gasteiger partial charge in [-0.25, -0.2) is 0 Å². The average Bonchev–Trinajstić information content (AvgIpc) is 2.35. The second-order valence-electron chi connectivity index (χ2n) is 5.34. The van der Waals surface area contributed by atoms with Crippen LogP contribution in [0, 0.1) is 5.92 Å². The Labute approximate surface area is 110 Å². The SMILES string of the molecule is CCOc1cc(N2CC(C)CCC2C)ccc1N. The van der Waals surface area contributed by atoms with Crippen molar-refractivity contribution in [3.63, 3.8) is 0 Å². The van der Waals surface area contributed by atoms with E-state index in [1.165, 1.54) is 18.5 Å². The van der Waals surface area contributed by atoms with Gasteiger partial charge in [-0.2, -0.15) is 0 Å². The summed E-state index contributed by atoms with van der Waals surface area (Å²) >= 11 is 0. The minimum atomic E-state index is 0.597. The quantitative estimate of drug-likeness (QED) is 0.834. The Morgan fingerprint density at radius 1 is 1.33 bits per heavy atom. The van der Waals surface area contributed by atoms with E-state index in [1.807, 2.05) is 13.0 Å². The van der Waals surface area contributed by atoms with Crippen LogP contribution in [0.2, 0.25) is 0 Å². The summed E-state index contributed by atoms with van der Waals surface area (Å²) in [6, 6.07) is 6.73. The number of anilines is 2. The molecule has 0 aliphatic carbocycles. The first-order valence-corrected chi connectivity index (χ1v) is 6.90. The van der Waals surface area contributed by atoms with Gasteiger partial charge in [-0.05, 0) is 44.7 Å². The minimum absolute atomic E-state index is 0.597. The Morgan fingerprint density at radius 3 is 2.83 bits per heavy atom. The van der Waals surface area contributed by atoms with Gasteiger partial charge in [0.05, 0.1) is 12.3 Å². The predicted octanol–water partition coefficient (Wildman–Crippen LogP) is 3.29. The fraction of sp³-hybridized carbons (Fsp3) is 0.600. The molecule has 2 N–H and O–H groups in total. The van der Waals surface area contributed by atoms with Crippen LogP contribution >= 0.6 is 0 Å². The summed E-state index contributed by atoms with van der Waals surface area (Å²) in [4.78, 5) is 2.47. The Hall–Kier alpha value is -1.38. The lowest BCUT2D eigenvalue weighted by Gasteiger charge is -2.38. The highest BCUT2D eigenvalue weighted by molar-refractivity contribution is 5.62. The molecule has 1 saturated heterocycles. The molecule has 2 atom stereocenters. The van der Waals surface area contributed by atoms with Gasteiger partial charge in [0.25, 0.3) is 0 Å². The third-order valence-electron chi connectivity index (χ3n) is 3.75. The monoisotopic (exact) mass is 248 g/mol. The smallest absolute Gasteiger partial charge is 0.144 e. The van der Waals surface area contributed by atoms with Crippen molar-refractivity contribution in [2.24, 2.45) is 5.92 Å². The van der Waals surface area contributed by atoms with Crippen molar-refractivity contribution in [3.8, 4) is 5.75 Å².